The number of carboxylic acids is 1. The van der Waals surface area contributed by atoms with Crippen molar-refractivity contribution in [2.45, 2.75) is 12.5 Å². The zero-order chi connectivity index (χ0) is 11.5. The maximum Gasteiger partial charge on any atom is 0.320 e. The number of fused-ring (bicyclic) bond motifs is 1. The molecule has 2 aromatic rings. The van der Waals surface area contributed by atoms with Crippen LogP contribution >= 0.6 is 0 Å². The molecule has 1 aromatic heterocycles. The van der Waals surface area contributed by atoms with Crippen molar-refractivity contribution in [1.82, 2.24) is 10.2 Å². The van der Waals surface area contributed by atoms with Gasteiger partial charge in [0.25, 0.3) is 0 Å². The van der Waals surface area contributed by atoms with Gasteiger partial charge in [-0.15, -0.1) is 0 Å². The maximum absolute atomic E-state index is 10.9. The molecule has 16 heavy (non-hydrogen) atoms. The Balaban J connectivity index is 2.30. The number of aliphatic carboxylic acids is 1. The number of carbonyl (C=O) groups is 1. The molecule has 1 aromatic carbocycles. The van der Waals surface area contributed by atoms with Crippen molar-refractivity contribution in [2.75, 3.05) is 0 Å². The van der Waals surface area contributed by atoms with Crippen LogP contribution in [0.5, 0.6) is 0 Å². The summed E-state index contributed by atoms with van der Waals surface area (Å²) in [6.45, 7) is 0. The molecule has 0 radical (unpaired) electrons. The summed E-state index contributed by atoms with van der Waals surface area (Å²) in [6, 6.07) is 7.34. The van der Waals surface area contributed by atoms with Gasteiger partial charge in [-0.05, 0) is 18.1 Å². The van der Waals surface area contributed by atoms with Crippen LogP contribution in [0.1, 0.15) is 5.56 Å². The third kappa shape index (κ3) is 1.94. The number of aromatic nitrogens is 1. The average molecular weight is 216 g/mol. The van der Waals surface area contributed by atoms with E-state index in [9.17, 15) is 4.79 Å². The molecule has 1 heterocycles. The highest BCUT2D eigenvalue weighted by atomic mass is 16.4. The third-order valence-electron chi connectivity index (χ3n) is 2.75. The van der Waals surface area contributed by atoms with Crippen LogP contribution < -0.4 is 5.23 Å². The summed E-state index contributed by atoms with van der Waals surface area (Å²) in [7, 11) is 1.66. The Morgan fingerprint density at radius 3 is 2.94 bits per heavy atom. The quantitative estimate of drug-likeness (QED) is 0.644. The van der Waals surface area contributed by atoms with E-state index in [1.165, 1.54) is 0 Å². The van der Waals surface area contributed by atoms with Crippen molar-refractivity contribution >= 4 is 24.9 Å². The van der Waals surface area contributed by atoms with E-state index in [-0.39, 0.29) is 0 Å². The van der Waals surface area contributed by atoms with Gasteiger partial charge < -0.3 is 15.3 Å². The normalized spacial score (nSPS) is 12.8. The van der Waals surface area contributed by atoms with Crippen LogP contribution in [-0.2, 0) is 11.2 Å². The SMILES string of the molecule is BNC(Cc1c[nH]c2ccccc12)C(=O)O. The number of nitrogens with one attached hydrogen (secondary N) is 2. The highest BCUT2D eigenvalue weighted by molar-refractivity contribution is 6.06. The second-order valence-electron chi connectivity index (χ2n) is 3.74. The minimum absolute atomic E-state index is 0.482. The molecule has 0 saturated carbocycles. The van der Waals surface area contributed by atoms with Crippen molar-refractivity contribution in [3.8, 4) is 0 Å². The number of hydrogen-bond donors (Lipinski definition) is 3. The van der Waals surface area contributed by atoms with Crippen LogP contribution in [0.15, 0.2) is 30.5 Å². The second kappa shape index (κ2) is 4.41. The lowest BCUT2D eigenvalue weighted by Crippen LogP contribution is -2.36. The van der Waals surface area contributed by atoms with Crippen molar-refractivity contribution in [1.29, 1.82) is 0 Å². The highest BCUT2D eigenvalue weighted by Crippen LogP contribution is 2.18. The molecule has 0 aliphatic heterocycles. The number of para-hydroxylation sites is 1. The highest BCUT2D eigenvalue weighted by Gasteiger charge is 2.16. The van der Waals surface area contributed by atoms with Crippen LogP contribution in [0.3, 0.4) is 0 Å². The molecule has 1 unspecified atom stereocenters. The van der Waals surface area contributed by atoms with Crippen LogP contribution in [0.4, 0.5) is 0 Å². The Labute approximate surface area is 94.1 Å². The van der Waals surface area contributed by atoms with Gasteiger partial charge in [-0.3, -0.25) is 4.79 Å². The van der Waals surface area contributed by atoms with E-state index in [2.05, 4.69) is 10.2 Å². The number of H-pyrrole nitrogens is 1. The number of rotatable bonds is 4. The molecule has 82 valence electrons. The summed E-state index contributed by atoms with van der Waals surface area (Å²) in [4.78, 5) is 14.1. The lowest BCUT2D eigenvalue weighted by atomic mass is 10.0. The fourth-order valence-electron chi connectivity index (χ4n) is 1.83. The molecular weight excluding hydrogens is 203 g/mol. The first kappa shape index (κ1) is 10.8. The van der Waals surface area contributed by atoms with Crippen molar-refractivity contribution in [3.63, 3.8) is 0 Å². The lowest BCUT2D eigenvalue weighted by molar-refractivity contribution is -0.138. The summed E-state index contributed by atoms with van der Waals surface area (Å²) in [5, 5.41) is 12.8. The standard InChI is InChI=1S/C11H13BN2O2/c12-14-10(11(15)16)5-7-6-13-9-4-2-1-3-8(7)9/h1-4,6,10,13-14H,5,12H2,(H,15,16). The van der Waals surface area contributed by atoms with E-state index in [1.807, 2.05) is 30.5 Å². The van der Waals surface area contributed by atoms with Crippen molar-refractivity contribution in [2.24, 2.45) is 0 Å². The summed E-state index contributed by atoms with van der Waals surface area (Å²) in [5.41, 5.74) is 2.06. The molecular formula is C11H13BN2O2. The fraction of sp³-hybridized carbons (Fsp3) is 0.182. The Hall–Kier alpha value is -1.75. The molecule has 0 saturated heterocycles. The minimum atomic E-state index is -0.826. The topological polar surface area (TPSA) is 65.1 Å². The first-order valence-corrected chi connectivity index (χ1v) is 5.17. The molecule has 2 rings (SSSR count). The molecule has 0 spiro atoms. The number of aromatic amines is 1. The Morgan fingerprint density at radius 2 is 2.25 bits per heavy atom. The van der Waals surface area contributed by atoms with Gasteiger partial charge in [-0.1, -0.05) is 18.2 Å². The van der Waals surface area contributed by atoms with E-state index < -0.39 is 12.0 Å². The Kier molecular flexibility index (Phi) is 2.96. The van der Waals surface area contributed by atoms with Crippen LogP contribution in [0.25, 0.3) is 10.9 Å². The number of benzene rings is 1. The van der Waals surface area contributed by atoms with Gasteiger partial charge in [0.1, 0.15) is 0 Å². The molecule has 4 nitrogen and oxygen atoms in total. The Morgan fingerprint density at radius 1 is 1.50 bits per heavy atom. The summed E-state index contributed by atoms with van der Waals surface area (Å²) >= 11 is 0. The van der Waals surface area contributed by atoms with E-state index in [0.29, 0.717) is 6.42 Å². The van der Waals surface area contributed by atoms with Crippen molar-refractivity contribution in [3.05, 3.63) is 36.0 Å². The molecule has 0 amide bonds. The van der Waals surface area contributed by atoms with E-state index >= 15 is 0 Å². The first-order chi connectivity index (χ1) is 7.72. The van der Waals surface area contributed by atoms with Gasteiger partial charge in [-0.25, -0.2) is 0 Å². The molecule has 0 aliphatic carbocycles. The fourth-order valence-corrected chi connectivity index (χ4v) is 1.83. The summed E-state index contributed by atoms with van der Waals surface area (Å²) < 4.78 is 0. The largest absolute Gasteiger partial charge is 0.480 e. The van der Waals surface area contributed by atoms with E-state index in [4.69, 9.17) is 5.11 Å². The van der Waals surface area contributed by atoms with Crippen molar-refractivity contribution < 1.29 is 9.90 Å². The van der Waals surface area contributed by atoms with Gasteiger partial charge in [0.05, 0.1) is 6.04 Å². The molecule has 0 bridgehead atoms. The monoisotopic (exact) mass is 216 g/mol. The average Bonchev–Trinajstić information content (AvgIpc) is 2.69. The number of hydrogen-bond acceptors (Lipinski definition) is 2. The second-order valence-corrected chi connectivity index (χ2v) is 3.74. The smallest absolute Gasteiger partial charge is 0.320 e. The lowest BCUT2D eigenvalue weighted by Gasteiger charge is -2.10. The van der Waals surface area contributed by atoms with Gasteiger partial charge in [0.2, 0.25) is 0 Å². The maximum atomic E-state index is 10.9. The predicted molar refractivity (Wildman–Crippen MR) is 65.1 cm³/mol. The molecule has 5 heteroatoms. The zero-order valence-electron chi connectivity index (χ0n) is 9.03. The molecule has 1 atom stereocenters. The van der Waals surface area contributed by atoms with Gasteiger partial charge >= 0.3 is 5.97 Å². The molecule has 3 N–H and O–H groups in total. The first-order valence-electron chi connectivity index (χ1n) is 5.17. The molecule has 0 aliphatic rings. The van der Waals surface area contributed by atoms with Gasteiger partial charge in [0, 0.05) is 17.1 Å². The van der Waals surface area contributed by atoms with Gasteiger partial charge in [-0.2, -0.15) is 0 Å². The zero-order valence-corrected chi connectivity index (χ0v) is 9.03. The van der Waals surface area contributed by atoms with Crippen LogP contribution in [-0.4, -0.2) is 30.1 Å². The van der Waals surface area contributed by atoms with Crippen LogP contribution in [0.2, 0.25) is 0 Å². The number of carboxylic acid groups (broad SMARTS) is 1. The summed E-state index contributed by atoms with van der Waals surface area (Å²) in [6.07, 6.45) is 2.35. The molecule has 0 fully saturated rings. The Bertz CT molecular complexity index is 509. The van der Waals surface area contributed by atoms with Gasteiger partial charge in [0.15, 0.2) is 7.98 Å². The predicted octanol–water partition coefficient (Wildman–Crippen LogP) is 0.301. The van der Waals surface area contributed by atoms with Crippen LogP contribution in [0, 0.1) is 0 Å². The minimum Gasteiger partial charge on any atom is -0.480 e. The summed E-state index contributed by atoms with van der Waals surface area (Å²) in [5.74, 6) is -0.826. The van der Waals surface area contributed by atoms with E-state index in [1.54, 1.807) is 7.98 Å². The van der Waals surface area contributed by atoms with E-state index in [0.717, 1.165) is 16.5 Å². The third-order valence-corrected chi connectivity index (χ3v) is 2.75.